The van der Waals surface area contributed by atoms with Crippen LogP contribution in [0.25, 0.3) is 0 Å². The van der Waals surface area contributed by atoms with E-state index in [4.69, 9.17) is 0 Å². The van der Waals surface area contributed by atoms with Crippen LogP contribution in [0.3, 0.4) is 0 Å². The molecule has 3 heterocycles. The first-order chi connectivity index (χ1) is 13.8. The molecule has 0 aromatic carbocycles. The minimum Gasteiger partial charge on any atom is -0.355 e. The second kappa shape index (κ2) is 11.1. The molecule has 0 aromatic heterocycles. The molecule has 6 heteroatoms. The van der Waals surface area contributed by atoms with Crippen molar-refractivity contribution in [3.8, 4) is 12.1 Å². The second-order valence-electron chi connectivity index (χ2n) is 8.07. The summed E-state index contributed by atoms with van der Waals surface area (Å²) in [5.74, 6) is 0.877. The van der Waals surface area contributed by atoms with E-state index in [0.29, 0.717) is 0 Å². The van der Waals surface area contributed by atoms with Crippen LogP contribution in [0.5, 0.6) is 0 Å². The Balaban J connectivity index is 1.51. The minimum absolute atomic E-state index is 0.274. The van der Waals surface area contributed by atoms with Gasteiger partial charge < -0.3 is 14.7 Å². The van der Waals surface area contributed by atoms with E-state index >= 15 is 0 Å². The van der Waals surface area contributed by atoms with Gasteiger partial charge in [-0.1, -0.05) is 18.6 Å². The zero-order chi connectivity index (χ0) is 19.6. The monoisotopic (exact) mass is 382 g/mol. The Morgan fingerprint density at radius 2 is 1.39 bits per heavy atom. The fraction of sp³-hybridized carbons (Fsp3) is 0.727. The number of rotatable bonds is 8. The molecule has 0 spiro atoms. The van der Waals surface area contributed by atoms with Crippen molar-refractivity contribution >= 4 is 0 Å². The van der Waals surface area contributed by atoms with Crippen molar-refractivity contribution in [2.75, 3.05) is 65.4 Å². The third-order valence-electron chi connectivity index (χ3n) is 6.08. The number of likely N-dealkylation sites (tertiary alicyclic amines) is 1. The number of piperidine rings is 1. The predicted octanol–water partition coefficient (Wildman–Crippen LogP) is 2.39. The molecule has 3 rings (SSSR count). The van der Waals surface area contributed by atoms with E-state index in [1.165, 1.54) is 32.4 Å². The topological polar surface area (TPSA) is 60.5 Å². The Morgan fingerprint density at radius 3 is 1.96 bits per heavy atom. The number of nitriles is 2. The molecule has 6 nitrogen and oxygen atoms in total. The van der Waals surface area contributed by atoms with Crippen LogP contribution in [-0.4, -0.2) is 85.0 Å². The van der Waals surface area contributed by atoms with Gasteiger partial charge in [0.1, 0.15) is 18.0 Å². The van der Waals surface area contributed by atoms with Gasteiger partial charge in [0.2, 0.25) is 0 Å². The van der Waals surface area contributed by atoms with Gasteiger partial charge in [-0.2, -0.15) is 10.5 Å². The lowest BCUT2D eigenvalue weighted by atomic mass is 10.1. The molecule has 3 aliphatic heterocycles. The van der Waals surface area contributed by atoms with Crippen LogP contribution in [0.1, 0.15) is 38.5 Å². The van der Waals surface area contributed by atoms with Gasteiger partial charge in [0.25, 0.3) is 0 Å². The number of hydrogen-bond donors (Lipinski definition) is 0. The van der Waals surface area contributed by atoms with Gasteiger partial charge >= 0.3 is 0 Å². The molecule has 2 saturated heterocycles. The Bertz CT molecular complexity index is 618. The summed E-state index contributed by atoms with van der Waals surface area (Å²) in [7, 11) is 0. The number of nitrogens with zero attached hydrogens (tertiary/aromatic N) is 6. The van der Waals surface area contributed by atoms with Gasteiger partial charge in [0.15, 0.2) is 5.57 Å². The maximum Gasteiger partial charge on any atom is 0.169 e. The SMILES string of the molecule is N#CC(C#N)=C1N(CCCN2CC=CCC2)CCN1CCCN1CCCCC1. The van der Waals surface area contributed by atoms with Crippen LogP contribution in [0.4, 0.5) is 0 Å². The van der Waals surface area contributed by atoms with E-state index in [1.54, 1.807) is 0 Å². The van der Waals surface area contributed by atoms with Gasteiger partial charge in [-0.05, 0) is 51.7 Å². The summed E-state index contributed by atoms with van der Waals surface area (Å²) < 4.78 is 0. The standard InChI is InChI=1S/C22H34N6/c23-19-21(20-24)22-27(15-7-13-25-9-3-1-4-10-25)17-18-28(22)16-8-14-26-11-5-2-6-12-26/h1,3H,2,4-18H2. The average molecular weight is 383 g/mol. The normalized spacial score (nSPS) is 21.0. The van der Waals surface area contributed by atoms with E-state index in [-0.39, 0.29) is 5.57 Å². The molecule has 0 atom stereocenters. The van der Waals surface area contributed by atoms with Crippen molar-refractivity contribution in [2.45, 2.75) is 38.5 Å². The first kappa shape index (κ1) is 20.7. The molecular formula is C22H34N6. The van der Waals surface area contributed by atoms with Gasteiger partial charge in [0.05, 0.1) is 0 Å². The van der Waals surface area contributed by atoms with Crippen molar-refractivity contribution in [3.05, 3.63) is 23.5 Å². The fourth-order valence-corrected chi connectivity index (χ4v) is 4.58. The van der Waals surface area contributed by atoms with Crippen LogP contribution in [0, 0.1) is 22.7 Å². The van der Waals surface area contributed by atoms with Crippen LogP contribution in [0.15, 0.2) is 23.5 Å². The zero-order valence-electron chi connectivity index (χ0n) is 17.2. The van der Waals surface area contributed by atoms with Crippen molar-refractivity contribution < 1.29 is 0 Å². The van der Waals surface area contributed by atoms with Crippen LogP contribution in [0.2, 0.25) is 0 Å². The van der Waals surface area contributed by atoms with Gasteiger partial charge in [0, 0.05) is 45.8 Å². The van der Waals surface area contributed by atoms with E-state index in [0.717, 1.165) is 77.4 Å². The van der Waals surface area contributed by atoms with E-state index < -0.39 is 0 Å². The van der Waals surface area contributed by atoms with Crippen molar-refractivity contribution in [1.82, 2.24) is 19.6 Å². The van der Waals surface area contributed by atoms with Crippen LogP contribution >= 0.6 is 0 Å². The van der Waals surface area contributed by atoms with E-state index in [9.17, 15) is 10.5 Å². The lowest BCUT2D eigenvalue weighted by Crippen LogP contribution is -2.33. The predicted molar refractivity (Wildman–Crippen MR) is 111 cm³/mol. The fourth-order valence-electron chi connectivity index (χ4n) is 4.58. The number of hydrogen-bond acceptors (Lipinski definition) is 6. The summed E-state index contributed by atoms with van der Waals surface area (Å²) in [6, 6.07) is 4.28. The van der Waals surface area contributed by atoms with Crippen molar-refractivity contribution in [2.24, 2.45) is 0 Å². The highest BCUT2D eigenvalue weighted by Gasteiger charge is 2.28. The number of allylic oxidation sites excluding steroid dienone is 1. The first-order valence-corrected chi connectivity index (χ1v) is 11.0. The Labute approximate surface area is 170 Å². The molecule has 0 aliphatic carbocycles. The van der Waals surface area contributed by atoms with Crippen molar-refractivity contribution in [3.63, 3.8) is 0 Å². The molecule has 0 N–H and O–H groups in total. The van der Waals surface area contributed by atoms with Crippen LogP contribution < -0.4 is 0 Å². The molecule has 0 amide bonds. The van der Waals surface area contributed by atoms with Crippen LogP contribution in [-0.2, 0) is 0 Å². The third-order valence-corrected chi connectivity index (χ3v) is 6.08. The molecule has 0 aromatic rings. The second-order valence-corrected chi connectivity index (χ2v) is 8.07. The summed E-state index contributed by atoms with van der Waals surface area (Å²) in [4.78, 5) is 9.58. The summed E-state index contributed by atoms with van der Waals surface area (Å²) in [5.41, 5.74) is 0.274. The maximum absolute atomic E-state index is 9.47. The maximum atomic E-state index is 9.47. The largest absolute Gasteiger partial charge is 0.355 e. The molecular weight excluding hydrogens is 348 g/mol. The molecule has 0 radical (unpaired) electrons. The first-order valence-electron chi connectivity index (χ1n) is 11.0. The molecule has 0 bridgehead atoms. The lowest BCUT2D eigenvalue weighted by molar-refractivity contribution is 0.214. The molecule has 0 saturated carbocycles. The highest BCUT2D eigenvalue weighted by Crippen LogP contribution is 2.23. The minimum atomic E-state index is 0.274. The molecule has 152 valence electrons. The zero-order valence-corrected chi connectivity index (χ0v) is 17.2. The summed E-state index contributed by atoms with van der Waals surface area (Å²) in [6.45, 7) is 10.6. The molecule has 3 aliphatic rings. The Hall–Kier alpha value is -2.02. The summed E-state index contributed by atoms with van der Waals surface area (Å²) in [6.07, 6.45) is 11.8. The smallest absolute Gasteiger partial charge is 0.169 e. The molecule has 28 heavy (non-hydrogen) atoms. The van der Waals surface area contributed by atoms with Gasteiger partial charge in [-0.3, -0.25) is 4.90 Å². The van der Waals surface area contributed by atoms with Gasteiger partial charge in [-0.15, -0.1) is 0 Å². The molecule has 2 fully saturated rings. The van der Waals surface area contributed by atoms with Crippen molar-refractivity contribution in [1.29, 1.82) is 10.5 Å². The van der Waals surface area contributed by atoms with E-state index in [2.05, 4.69) is 43.9 Å². The van der Waals surface area contributed by atoms with E-state index in [1.807, 2.05) is 0 Å². The quantitative estimate of drug-likeness (QED) is 0.475. The Kier molecular flexibility index (Phi) is 8.21. The summed E-state index contributed by atoms with van der Waals surface area (Å²) in [5, 5.41) is 18.9. The average Bonchev–Trinajstić information content (AvgIpc) is 3.13. The highest BCUT2D eigenvalue weighted by molar-refractivity contribution is 5.40. The highest BCUT2D eigenvalue weighted by atomic mass is 15.4. The molecule has 0 unspecified atom stereocenters. The summed E-state index contributed by atoms with van der Waals surface area (Å²) >= 11 is 0. The third kappa shape index (κ3) is 5.74. The Morgan fingerprint density at radius 1 is 0.750 bits per heavy atom. The lowest BCUT2D eigenvalue weighted by Gasteiger charge is -2.29. The van der Waals surface area contributed by atoms with Gasteiger partial charge in [-0.25, -0.2) is 0 Å².